The highest BCUT2D eigenvalue weighted by Gasteiger charge is 2.14. The van der Waals surface area contributed by atoms with Crippen molar-refractivity contribution in [3.05, 3.63) is 28.2 Å². The molecule has 0 amide bonds. The fraction of sp³-hybridized carbons (Fsp3) is 0.571. The molecule has 1 atom stereocenters. The zero-order valence-corrected chi connectivity index (χ0v) is 12.5. The van der Waals surface area contributed by atoms with E-state index in [1.165, 1.54) is 5.56 Å². The molecule has 0 bridgehead atoms. The Morgan fingerprint density at radius 1 is 1.29 bits per heavy atom. The van der Waals surface area contributed by atoms with Crippen molar-refractivity contribution < 1.29 is 4.74 Å². The zero-order valence-electron chi connectivity index (χ0n) is 10.9. The quantitative estimate of drug-likeness (QED) is 0.868. The van der Waals surface area contributed by atoms with Gasteiger partial charge in [-0.25, -0.2) is 0 Å². The van der Waals surface area contributed by atoms with E-state index >= 15 is 0 Å². The second-order valence-electron chi connectivity index (χ2n) is 4.41. The number of ether oxygens (including phenoxy) is 1. The van der Waals surface area contributed by atoms with E-state index in [4.69, 9.17) is 10.5 Å². The number of hydrogen-bond donors (Lipinski definition) is 1. The maximum atomic E-state index is 6.25. The van der Waals surface area contributed by atoms with E-state index in [2.05, 4.69) is 41.9 Å². The highest BCUT2D eigenvalue weighted by molar-refractivity contribution is 9.10. The molecule has 2 nitrogen and oxygen atoms in total. The lowest BCUT2D eigenvalue weighted by Crippen LogP contribution is -2.31. The van der Waals surface area contributed by atoms with Crippen molar-refractivity contribution in [1.82, 2.24) is 0 Å². The van der Waals surface area contributed by atoms with Crippen LogP contribution in [-0.2, 0) is 6.42 Å². The Balaban J connectivity index is 2.71. The highest BCUT2D eigenvalue weighted by Crippen LogP contribution is 2.26. The van der Waals surface area contributed by atoms with Crippen LogP contribution in [0.1, 0.15) is 32.3 Å². The second kappa shape index (κ2) is 7.02. The normalized spacial score (nSPS) is 12.8. The molecule has 0 heterocycles. The highest BCUT2D eigenvalue weighted by atomic mass is 79.9. The lowest BCUT2D eigenvalue weighted by atomic mass is 9.90. The van der Waals surface area contributed by atoms with Gasteiger partial charge in [0, 0.05) is 6.04 Å². The minimum absolute atomic E-state index is 0.241. The summed E-state index contributed by atoms with van der Waals surface area (Å²) in [4.78, 5) is 0. The van der Waals surface area contributed by atoms with E-state index in [1.54, 1.807) is 7.11 Å². The molecule has 0 spiro atoms. The summed E-state index contributed by atoms with van der Waals surface area (Å²) in [7, 11) is 1.68. The SMILES string of the molecule is CCC(CC)C(N)Cc1ccc(OC)c(Br)c1. The summed E-state index contributed by atoms with van der Waals surface area (Å²) in [5.41, 5.74) is 7.51. The molecule has 1 aromatic carbocycles. The third kappa shape index (κ3) is 4.00. The molecule has 1 aromatic rings. The van der Waals surface area contributed by atoms with Crippen LogP contribution in [0.25, 0.3) is 0 Å². The Kier molecular flexibility index (Phi) is 6.00. The lowest BCUT2D eigenvalue weighted by molar-refractivity contribution is 0.392. The number of rotatable bonds is 6. The predicted molar refractivity (Wildman–Crippen MR) is 76.4 cm³/mol. The first-order valence-corrected chi connectivity index (χ1v) is 6.99. The van der Waals surface area contributed by atoms with E-state index in [9.17, 15) is 0 Å². The molecule has 0 aliphatic carbocycles. The Bertz CT molecular complexity index is 350. The van der Waals surface area contributed by atoms with Crippen LogP contribution < -0.4 is 10.5 Å². The summed E-state index contributed by atoms with van der Waals surface area (Å²) in [6.45, 7) is 4.41. The van der Waals surface area contributed by atoms with Gasteiger partial charge in [-0.3, -0.25) is 0 Å². The number of halogens is 1. The summed E-state index contributed by atoms with van der Waals surface area (Å²) in [6, 6.07) is 6.41. The van der Waals surface area contributed by atoms with Crippen molar-refractivity contribution in [2.45, 2.75) is 39.2 Å². The summed E-state index contributed by atoms with van der Waals surface area (Å²) >= 11 is 3.50. The van der Waals surface area contributed by atoms with E-state index in [1.807, 2.05) is 6.07 Å². The summed E-state index contributed by atoms with van der Waals surface area (Å²) in [5.74, 6) is 1.47. The largest absolute Gasteiger partial charge is 0.496 e. The van der Waals surface area contributed by atoms with Gasteiger partial charge >= 0.3 is 0 Å². The monoisotopic (exact) mass is 299 g/mol. The maximum absolute atomic E-state index is 6.25. The first kappa shape index (κ1) is 14.5. The number of nitrogens with two attached hydrogens (primary N) is 1. The minimum Gasteiger partial charge on any atom is -0.496 e. The molecule has 0 fully saturated rings. The van der Waals surface area contributed by atoms with Crippen LogP contribution in [0.5, 0.6) is 5.75 Å². The van der Waals surface area contributed by atoms with Gasteiger partial charge in [0.1, 0.15) is 5.75 Å². The molecule has 2 N–H and O–H groups in total. The molecule has 0 aliphatic heterocycles. The number of benzene rings is 1. The van der Waals surface area contributed by atoms with Gasteiger partial charge in [-0.15, -0.1) is 0 Å². The summed E-state index contributed by atoms with van der Waals surface area (Å²) in [5, 5.41) is 0. The van der Waals surface area contributed by atoms with Gasteiger partial charge in [0.25, 0.3) is 0 Å². The van der Waals surface area contributed by atoms with Gasteiger partial charge in [0.2, 0.25) is 0 Å². The zero-order chi connectivity index (χ0) is 12.8. The average Bonchev–Trinajstić information content (AvgIpc) is 2.31. The Hall–Kier alpha value is -0.540. The first-order chi connectivity index (χ1) is 8.12. The topological polar surface area (TPSA) is 35.2 Å². The van der Waals surface area contributed by atoms with Gasteiger partial charge < -0.3 is 10.5 Å². The second-order valence-corrected chi connectivity index (χ2v) is 5.27. The van der Waals surface area contributed by atoms with Crippen molar-refractivity contribution in [3.8, 4) is 5.75 Å². The molecule has 0 aliphatic rings. The van der Waals surface area contributed by atoms with Gasteiger partial charge in [-0.2, -0.15) is 0 Å². The van der Waals surface area contributed by atoms with Crippen LogP contribution in [-0.4, -0.2) is 13.2 Å². The van der Waals surface area contributed by atoms with Gasteiger partial charge in [0.15, 0.2) is 0 Å². The molecule has 3 heteroatoms. The Morgan fingerprint density at radius 2 is 1.94 bits per heavy atom. The fourth-order valence-corrected chi connectivity index (χ4v) is 2.76. The van der Waals surface area contributed by atoms with E-state index in [0.29, 0.717) is 5.92 Å². The van der Waals surface area contributed by atoms with Gasteiger partial charge in [-0.05, 0) is 46.0 Å². The van der Waals surface area contributed by atoms with Crippen LogP contribution in [0.2, 0.25) is 0 Å². The smallest absolute Gasteiger partial charge is 0.133 e. The minimum atomic E-state index is 0.241. The van der Waals surface area contributed by atoms with Crippen molar-refractivity contribution in [1.29, 1.82) is 0 Å². The van der Waals surface area contributed by atoms with Crippen molar-refractivity contribution in [2.75, 3.05) is 7.11 Å². The Labute approximate surface area is 113 Å². The third-order valence-electron chi connectivity index (χ3n) is 3.34. The van der Waals surface area contributed by atoms with Crippen LogP contribution in [0.3, 0.4) is 0 Å². The molecular weight excluding hydrogens is 278 g/mol. The van der Waals surface area contributed by atoms with Crippen LogP contribution >= 0.6 is 15.9 Å². The molecule has 0 saturated carbocycles. The average molecular weight is 300 g/mol. The first-order valence-electron chi connectivity index (χ1n) is 6.20. The Morgan fingerprint density at radius 3 is 2.41 bits per heavy atom. The summed E-state index contributed by atoms with van der Waals surface area (Å²) < 4.78 is 6.21. The van der Waals surface area contributed by atoms with Crippen LogP contribution in [0.15, 0.2) is 22.7 Å². The summed E-state index contributed by atoms with van der Waals surface area (Å²) in [6.07, 6.45) is 3.22. The molecular formula is C14H22BrNO. The van der Waals surface area contributed by atoms with Crippen molar-refractivity contribution in [2.24, 2.45) is 11.7 Å². The molecule has 0 radical (unpaired) electrons. The fourth-order valence-electron chi connectivity index (χ4n) is 2.17. The third-order valence-corrected chi connectivity index (χ3v) is 3.96. The van der Waals surface area contributed by atoms with Gasteiger partial charge in [0.05, 0.1) is 11.6 Å². The maximum Gasteiger partial charge on any atom is 0.133 e. The van der Waals surface area contributed by atoms with Crippen LogP contribution in [0.4, 0.5) is 0 Å². The van der Waals surface area contributed by atoms with Crippen molar-refractivity contribution >= 4 is 15.9 Å². The predicted octanol–water partition coefficient (Wildman–Crippen LogP) is 3.76. The standard InChI is InChI=1S/C14H22BrNO/c1-4-11(5-2)13(16)9-10-6-7-14(17-3)12(15)8-10/h6-8,11,13H,4-5,9,16H2,1-3H3. The number of methoxy groups -OCH3 is 1. The molecule has 0 aromatic heterocycles. The van der Waals surface area contributed by atoms with E-state index in [-0.39, 0.29) is 6.04 Å². The molecule has 1 rings (SSSR count). The molecule has 17 heavy (non-hydrogen) atoms. The lowest BCUT2D eigenvalue weighted by Gasteiger charge is -2.21. The molecule has 0 saturated heterocycles. The molecule has 96 valence electrons. The molecule has 1 unspecified atom stereocenters. The van der Waals surface area contributed by atoms with Crippen molar-refractivity contribution in [3.63, 3.8) is 0 Å². The van der Waals surface area contributed by atoms with Gasteiger partial charge in [-0.1, -0.05) is 32.8 Å². The van der Waals surface area contributed by atoms with E-state index in [0.717, 1.165) is 29.5 Å². The number of hydrogen-bond acceptors (Lipinski definition) is 2. The van der Waals surface area contributed by atoms with Crippen LogP contribution in [0, 0.1) is 5.92 Å². The van der Waals surface area contributed by atoms with E-state index < -0.39 is 0 Å².